The molecule has 10 nitrogen and oxygen atoms in total. The van der Waals surface area contributed by atoms with Crippen LogP contribution in [-0.2, 0) is 14.8 Å². The number of nitrogens with one attached hydrogen (secondary N) is 4. The number of para-hydroxylation sites is 1. The number of amides is 1. The Labute approximate surface area is 250 Å². The standard InChI is InChI=1S/C29H39BrN6O4S/c1-29(2,3)40-28(37)32-17-16-31-26-22-8-4-6-10-24(22)35-27(36-26)33-18-20-12-14-21(15-13-20)19-34-41(38,39)25-11-7-5-9-23(25)30/h4-11,20-21,34H,12-19H2,1-3H3,(H,32,37)(H2,31,33,35,36). The summed E-state index contributed by atoms with van der Waals surface area (Å²) in [5, 5.41) is 10.4. The maximum atomic E-state index is 12.7. The highest BCUT2D eigenvalue weighted by atomic mass is 79.9. The van der Waals surface area contributed by atoms with Crippen molar-refractivity contribution in [3.63, 3.8) is 0 Å². The number of hydrogen-bond acceptors (Lipinski definition) is 8. The number of anilines is 2. The van der Waals surface area contributed by atoms with E-state index in [1.165, 1.54) is 0 Å². The lowest BCUT2D eigenvalue weighted by molar-refractivity contribution is 0.0530. The van der Waals surface area contributed by atoms with Gasteiger partial charge in [0.15, 0.2) is 0 Å². The molecule has 1 amide bonds. The minimum absolute atomic E-state index is 0.265. The fraction of sp³-hybridized carbons (Fsp3) is 0.483. The molecule has 1 heterocycles. The second kappa shape index (κ2) is 13.8. The molecule has 1 fully saturated rings. The number of carbonyl (C=O) groups is 1. The Morgan fingerprint density at radius 2 is 1.59 bits per heavy atom. The van der Waals surface area contributed by atoms with Crippen LogP contribution in [0.15, 0.2) is 57.9 Å². The Morgan fingerprint density at radius 1 is 0.927 bits per heavy atom. The monoisotopic (exact) mass is 646 g/mol. The minimum atomic E-state index is -3.55. The van der Waals surface area contributed by atoms with Crippen LogP contribution in [0.3, 0.4) is 0 Å². The van der Waals surface area contributed by atoms with Crippen molar-refractivity contribution < 1.29 is 17.9 Å². The van der Waals surface area contributed by atoms with Crippen LogP contribution in [0.2, 0.25) is 0 Å². The highest BCUT2D eigenvalue weighted by Crippen LogP contribution is 2.30. The van der Waals surface area contributed by atoms with Crippen molar-refractivity contribution >= 4 is 54.7 Å². The van der Waals surface area contributed by atoms with Crippen LogP contribution < -0.4 is 20.7 Å². The van der Waals surface area contributed by atoms with Crippen LogP contribution in [0, 0.1) is 11.8 Å². The van der Waals surface area contributed by atoms with Gasteiger partial charge in [0.25, 0.3) is 0 Å². The van der Waals surface area contributed by atoms with Gasteiger partial charge in [0.05, 0.1) is 10.4 Å². The largest absolute Gasteiger partial charge is 0.444 e. The molecule has 0 saturated heterocycles. The van der Waals surface area contributed by atoms with E-state index in [0.717, 1.165) is 43.1 Å². The molecule has 12 heteroatoms. The molecule has 1 saturated carbocycles. The van der Waals surface area contributed by atoms with E-state index in [4.69, 9.17) is 14.7 Å². The summed E-state index contributed by atoms with van der Waals surface area (Å²) in [6, 6.07) is 14.7. The zero-order valence-corrected chi connectivity index (χ0v) is 26.1. The molecule has 4 rings (SSSR count). The van der Waals surface area contributed by atoms with Crippen LogP contribution in [-0.4, -0.2) is 56.3 Å². The third-order valence-electron chi connectivity index (χ3n) is 6.89. The lowest BCUT2D eigenvalue weighted by atomic mass is 9.82. The number of rotatable bonds is 11. The minimum Gasteiger partial charge on any atom is -0.444 e. The van der Waals surface area contributed by atoms with E-state index in [2.05, 4.69) is 36.6 Å². The molecule has 0 bridgehead atoms. The first kappa shape index (κ1) is 31.0. The number of fused-ring (bicyclic) bond motifs is 1. The van der Waals surface area contributed by atoms with Gasteiger partial charge in [-0.3, -0.25) is 0 Å². The SMILES string of the molecule is CC(C)(C)OC(=O)NCCNc1nc(NCC2CCC(CNS(=O)(=O)c3ccccc3Br)CC2)nc2ccccc12. The number of halogens is 1. The molecule has 1 aromatic heterocycles. The summed E-state index contributed by atoms with van der Waals surface area (Å²) in [4.78, 5) is 21.6. The third-order valence-corrected chi connectivity index (χ3v) is 9.33. The number of aromatic nitrogens is 2. The van der Waals surface area contributed by atoms with Crippen molar-refractivity contribution in [2.24, 2.45) is 11.8 Å². The molecule has 0 radical (unpaired) electrons. The summed E-state index contributed by atoms with van der Waals surface area (Å²) in [7, 11) is -3.55. The number of nitrogens with zero attached hydrogens (tertiary/aromatic N) is 2. The van der Waals surface area contributed by atoms with E-state index in [1.54, 1.807) is 24.3 Å². The van der Waals surface area contributed by atoms with Gasteiger partial charge in [-0.1, -0.05) is 24.3 Å². The van der Waals surface area contributed by atoms with E-state index >= 15 is 0 Å². The summed E-state index contributed by atoms with van der Waals surface area (Å²) in [6.07, 6.45) is 3.47. The van der Waals surface area contributed by atoms with Gasteiger partial charge >= 0.3 is 6.09 Å². The first-order chi connectivity index (χ1) is 19.5. The van der Waals surface area contributed by atoms with Crippen molar-refractivity contribution in [1.29, 1.82) is 0 Å². The van der Waals surface area contributed by atoms with E-state index in [-0.39, 0.29) is 4.90 Å². The molecule has 1 aliphatic carbocycles. The molecule has 0 unspecified atom stereocenters. The van der Waals surface area contributed by atoms with Crippen LogP contribution in [0.1, 0.15) is 46.5 Å². The van der Waals surface area contributed by atoms with E-state index in [9.17, 15) is 13.2 Å². The zero-order chi connectivity index (χ0) is 29.5. The lowest BCUT2D eigenvalue weighted by Gasteiger charge is -2.28. The van der Waals surface area contributed by atoms with Crippen LogP contribution in [0.5, 0.6) is 0 Å². The summed E-state index contributed by atoms with van der Waals surface area (Å²) in [5.41, 5.74) is 0.284. The maximum absolute atomic E-state index is 12.7. The van der Waals surface area contributed by atoms with Crippen molar-refractivity contribution in [3.05, 3.63) is 53.0 Å². The predicted molar refractivity (Wildman–Crippen MR) is 166 cm³/mol. The van der Waals surface area contributed by atoms with Gasteiger partial charge in [-0.15, -0.1) is 0 Å². The highest BCUT2D eigenvalue weighted by Gasteiger charge is 2.24. The maximum Gasteiger partial charge on any atom is 0.407 e. The Hall–Kier alpha value is -2.96. The second-order valence-electron chi connectivity index (χ2n) is 11.3. The number of alkyl carbamates (subject to hydrolysis) is 1. The van der Waals surface area contributed by atoms with Gasteiger partial charge in [0, 0.05) is 36.0 Å². The lowest BCUT2D eigenvalue weighted by Crippen LogP contribution is -2.35. The van der Waals surface area contributed by atoms with Gasteiger partial charge in [-0.25, -0.2) is 22.9 Å². The van der Waals surface area contributed by atoms with Crippen LogP contribution >= 0.6 is 15.9 Å². The van der Waals surface area contributed by atoms with Crippen molar-refractivity contribution in [2.45, 2.75) is 57.0 Å². The molecule has 0 spiro atoms. The van der Waals surface area contributed by atoms with Crippen LogP contribution in [0.4, 0.5) is 16.6 Å². The third kappa shape index (κ3) is 9.27. The average molecular weight is 648 g/mol. The summed E-state index contributed by atoms with van der Waals surface area (Å²) in [5.74, 6) is 2.01. The summed E-state index contributed by atoms with van der Waals surface area (Å²) >= 11 is 3.33. The molecule has 0 aliphatic heterocycles. The molecule has 4 N–H and O–H groups in total. The van der Waals surface area contributed by atoms with Gasteiger partial charge in [0.1, 0.15) is 11.4 Å². The highest BCUT2D eigenvalue weighted by molar-refractivity contribution is 9.10. The summed E-state index contributed by atoms with van der Waals surface area (Å²) in [6.45, 7) is 7.53. The quantitative estimate of drug-likeness (QED) is 0.200. The smallest absolute Gasteiger partial charge is 0.407 e. The molecule has 2 aromatic carbocycles. The number of carbonyl (C=O) groups excluding carboxylic acids is 1. The van der Waals surface area contributed by atoms with E-state index < -0.39 is 21.7 Å². The Morgan fingerprint density at radius 3 is 2.29 bits per heavy atom. The van der Waals surface area contributed by atoms with Crippen molar-refractivity contribution in [3.8, 4) is 0 Å². The fourth-order valence-corrected chi connectivity index (χ4v) is 6.91. The van der Waals surface area contributed by atoms with Gasteiger partial charge in [0.2, 0.25) is 16.0 Å². The number of hydrogen-bond donors (Lipinski definition) is 4. The van der Waals surface area contributed by atoms with E-state index in [0.29, 0.717) is 47.7 Å². The van der Waals surface area contributed by atoms with Gasteiger partial charge in [-0.2, -0.15) is 4.98 Å². The second-order valence-corrected chi connectivity index (χ2v) is 13.9. The average Bonchev–Trinajstić information content (AvgIpc) is 2.93. The van der Waals surface area contributed by atoms with Crippen molar-refractivity contribution in [1.82, 2.24) is 20.0 Å². The van der Waals surface area contributed by atoms with Gasteiger partial charge in [-0.05, 0) is 98.5 Å². The normalized spacial score (nSPS) is 17.7. The Kier molecular flexibility index (Phi) is 10.4. The first-order valence-corrected chi connectivity index (χ1v) is 16.2. The number of sulfonamides is 1. The molecule has 0 atom stereocenters. The topological polar surface area (TPSA) is 134 Å². The molecule has 3 aromatic rings. The number of ether oxygens (including phenoxy) is 1. The molecule has 222 valence electrons. The fourth-order valence-electron chi connectivity index (χ4n) is 4.79. The molecule has 41 heavy (non-hydrogen) atoms. The number of benzene rings is 2. The van der Waals surface area contributed by atoms with Gasteiger partial charge < -0.3 is 20.7 Å². The van der Waals surface area contributed by atoms with Crippen LogP contribution in [0.25, 0.3) is 10.9 Å². The predicted octanol–water partition coefficient (Wildman–Crippen LogP) is 5.53. The van der Waals surface area contributed by atoms with E-state index in [1.807, 2.05) is 45.0 Å². The zero-order valence-electron chi connectivity index (χ0n) is 23.7. The molecule has 1 aliphatic rings. The molecular weight excluding hydrogens is 608 g/mol. The Balaban J connectivity index is 1.26. The molecular formula is C29H39BrN6O4S. The van der Waals surface area contributed by atoms with Crippen molar-refractivity contribution in [2.75, 3.05) is 36.8 Å². The first-order valence-electron chi connectivity index (χ1n) is 14.0. The summed E-state index contributed by atoms with van der Waals surface area (Å²) < 4.78 is 34.1. The Bertz CT molecular complexity index is 1440.